The Bertz CT molecular complexity index is 418. The van der Waals surface area contributed by atoms with Gasteiger partial charge in [0.1, 0.15) is 5.82 Å². The summed E-state index contributed by atoms with van der Waals surface area (Å²) in [7, 11) is 0. The Labute approximate surface area is 121 Å². The van der Waals surface area contributed by atoms with Gasteiger partial charge in [-0.2, -0.15) is 0 Å². The van der Waals surface area contributed by atoms with Crippen LogP contribution in [0.4, 0.5) is 11.5 Å². The zero-order chi connectivity index (χ0) is 15.2. The number of nitrogens with zero attached hydrogens (tertiary/aromatic N) is 2. The van der Waals surface area contributed by atoms with Crippen LogP contribution in [0.15, 0.2) is 18.3 Å². The molecule has 0 unspecified atom stereocenters. The van der Waals surface area contributed by atoms with Crippen molar-refractivity contribution in [2.75, 3.05) is 29.9 Å². The molecule has 5 nitrogen and oxygen atoms in total. The number of hydrogen-bond donors (Lipinski definition) is 2. The molecular weight excluding hydrogens is 252 g/mol. The summed E-state index contributed by atoms with van der Waals surface area (Å²) in [6.45, 7) is 12.4. The standard InChI is InChI=1S/C15H26N4O/c1-6-19(7-2)13-9-8-12(10-16-13)18-14(20)11-17-15(3,4)5/h8-10,17H,6-7,11H2,1-5H3,(H,18,20). The molecule has 0 aliphatic carbocycles. The minimum absolute atomic E-state index is 0.0580. The molecule has 1 rings (SSSR count). The Morgan fingerprint density at radius 2 is 1.90 bits per heavy atom. The highest BCUT2D eigenvalue weighted by molar-refractivity contribution is 5.92. The van der Waals surface area contributed by atoms with E-state index in [0.717, 1.165) is 24.6 Å². The first kappa shape index (κ1) is 16.4. The Balaban J connectivity index is 2.55. The number of carbonyl (C=O) groups excluding carboxylic acids is 1. The first-order valence-corrected chi connectivity index (χ1v) is 7.11. The predicted octanol–water partition coefficient (Wildman–Crippen LogP) is 2.25. The number of nitrogens with one attached hydrogen (secondary N) is 2. The smallest absolute Gasteiger partial charge is 0.238 e. The lowest BCUT2D eigenvalue weighted by Gasteiger charge is -2.21. The van der Waals surface area contributed by atoms with E-state index in [0.29, 0.717) is 6.54 Å². The lowest BCUT2D eigenvalue weighted by Crippen LogP contribution is -2.41. The topological polar surface area (TPSA) is 57.3 Å². The van der Waals surface area contributed by atoms with Crippen molar-refractivity contribution in [1.29, 1.82) is 0 Å². The van der Waals surface area contributed by atoms with Gasteiger partial charge < -0.3 is 15.5 Å². The highest BCUT2D eigenvalue weighted by Crippen LogP contribution is 2.13. The van der Waals surface area contributed by atoms with E-state index in [2.05, 4.69) is 34.4 Å². The van der Waals surface area contributed by atoms with Crippen molar-refractivity contribution >= 4 is 17.4 Å². The first-order valence-electron chi connectivity index (χ1n) is 7.11. The maximum absolute atomic E-state index is 11.8. The highest BCUT2D eigenvalue weighted by atomic mass is 16.1. The number of anilines is 2. The molecule has 1 amide bonds. The van der Waals surface area contributed by atoms with E-state index in [-0.39, 0.29) is 11.4 Å². The van der Waals surface area contributed by atoms with Crippen molar-refractivity contribution in [2.45, 2.75) is 40.2 Å². The van der Waals surface area contributed by atoms with Gasteiger partial charge in [-0.25, -0.2) is 4.98 Å². The number of amides is 1. The van der Waals surface area contributed by atoms with E-state index in [1.54, 1.807) is 6.20 Å². The molecule has 0 radical (unpaired) electrons. The van der Waals surface area contributed by atoms with E-state index in [1.165, 1.54) is 0 Å². The molecule has 0 atom stereocenters. The van der Waals surface area contributed by atoms with Crippen molar-refractivity contribution < 1.29 is 4.79 Å². The third kappa shape index (κ3) is 5.57. The number of carbonyl (C=O) groups is 1. The van der Waals surface area contributed by atoms with Crippen molar-refractivity contribution in [3.63, 3.8) is 0 Å². The van der Waals surface area contributed by atoms with Crippen LogP contribution < -0.4 is 15.5 Å². The molecule has 0 bridgehead atoms. The molecular formula is C15H26N4O. The van der Waals surface area contributed by atoms with E-state index in [1.807, 2.05) is 32.9 Å². The van der Waals surface area contributed by atoms with Gasteiger partial charge in [0.25, 0.3) is 0 Å². The van der Waals surface area contributed by atoms with Crippen LogP contribution in [-0.2, 0) is 4.79 Å². The molecule has 2 N–H and O–H groups in total. The Morgan fingerprint density at radius 3 is 2.35 bits per heavy atom. The summed E-state index contributed by atoms with van der Waals surface area (Å²) in [6.07, 6.45) is 1.70. The summed E-state index contributed by atoms with van der Waals surface area (Å²) in [5, 5.41) is 5.98. The Hall–Kier alpha value is -1.62. The van der Waals surface area contributed by atoms with E-state index in [4.69, 9.17) is 0 Å². The fraction of sp³-hybridized carbons (Fsp3) is 0.600. The van der Waals surface area contributed by atoms with Crippen LogP contribution in [0, 0.1) is 0 Å². The second-order valence-electron chi connectivity index (χ2n) is 5.73. The van der Waals surface area contributed by atoms with Crippen LogP contribution >= 0.6 is 0 Å². The maximum atomic E-state index is 11.8. The monoisotopic (exact) mass is 278 g/mol. The second-order valence-corrected chi connectivity index (χ2v) is 5.73. The number of aromatic nitrogens is 1. The molecule has 1 aromatic heterocycles. The average Bonchev–Trinajstić information content (AvgIpc) is 2.39. The SMILES string of the molecule is CCN(CC)c1ccc(NC(=O)CNC(C)(C)C)cn1. The Kier molecular flexibility index (Phi) is 5.95. The largest absolute Gasteiger partial charge is 0.357 e. The van der Waals surface area contributed by atoms with Gasteiger partial charge in [-0.1, -0.05) is 0 Å². The van der Waals surface area contributed by atoms with E-state index < -0.39 is 0 Å². The molecule has 0 aliphatic heterocycles. The molecule has 1 aromatic rings. The van der Waals surface area contributed by atoms with Crippen molar-refractivity contribution in [3.05, 3.63) is 18.3 Å². The van der Waals surface area contributed by atoms with Gasteiger partial charge in [0.05, 0.1) is 18.4 Å². The van der Waals surface area contributed by atoms with Gasteiger partial charge in [-0.3, -0.25) is 4.79 Å². The summed E-state index contributed by atoms with van der Waals surface area (Å²) in [5.41, 5.74) is 0.656. The van der Waals surface area contributed by atoms with Gasteiger partial charge in [-0.05, 0) is 46.8 Å². The zero-order valence-electron chi connectivity index (χ0n) is 13.2. The number of pyridine rings is 1. The lowest BCUT2D eigenvalue weighted by molar-refractivity contribution is -0.115. The minimum Gasteiger partial charge on any atom is -0.357 e. The highest BCUT2D eigenvalue weighted by Gasteiger charge is 2.11. The molecule has 0 aromatic carbocycles. The van der Waals surface area contributed by atoms with Gasteiger partial charge in [-0.15, -0.1) is 0 Å². The second kappa shape index (κ2) is 7.24. The third-order valence-electron chi connectivity index (χ3n) is 2.90. The number of hydrogen-bond acceptors (Lipinski definition) is 4. The van der Waals surface area contributed by atoms with Gasteiger partial charge in [0.15, 0.2) is 0 Å². The average molecular weight is 278 g/mol. The number of rotatable bonds is 6. The third-order valence-corrected chi connectivity index (χ3v) is 2.90. The molecule has 112 valence electrons. The van der Waals surface area contributed by atoms with Crippen LogP contribution in [0.5, 0.6) is 0 Å². The van der Waals surface area contributed by atoms with Crippen LogP contribution in [0.25, 0.3) is 0 Å². The molecule has 5 heteroatoms. The van der Waals surface area contributed by atoms with Gasteiger partial charge in [0.2, 0.25) is 5.91 Å². The normalized spacial score (nSPS) is 11.2. The molecule has 0 saturated heterocycles. The van der Waals surface area contributed by atoms with Crippen LogP contribution in [0.3, 0.4) is 0 Å². The van der Waals surface area contributed by atoms with Crippen LogP contribution in [0.1, 0.15) is 34.6 Å². The fourth-order valence-corrected chi connectivity index (χ4v) is 1.75. The molecule has 1 heterocycles. The summed E-state index contributed by atoms with van der Waals surface area (Å²) in [4.78, 5) is 18.3. The first-order chi connectivity index (χ1) is 9.35. The molecule has 0 aliphatic rings. The molecule has 0 fully saturated rings. The van der Waals surface area contributed by atoms with E-state index in [9.17, 15) is 4.79 Å². The molecule has 0 saturated carbocycles. The van der Waals surface area contributed by atoms with Gasteiger partial charge >= 0.3 is 0 Å². The lowest BCUT2D eigenvalue weighted by atomic mass is 10.1. The van der Waals surface area contributed by atoms with Gasteiger partial charge in [0, 0.05) is 18.6 Å². The quantitative estimate of drug-likeness (QED) is 0.838. The predicted molar refractivity (Wildman–Crippen MR) is 84.2 cm³/mol. The summed E-state index contributed by atoms with van der Waals surface area (Å²) in [5.74, 6) is 0.873. The summed E-state index contributed by atoms with van der Waals surface area (Å²) >= 11 is 0. The summed E-state index contributed by atoms with van der Waals surface area (Å²) < 4.78 is 0. The molecule has 20 heavy (non-hydrogen) atoms. The van der Waals surface area contributed by atoms with E-state index >= 15 is 0 Å². The molecule has 0 spiro atoms. The maximum Gasteiger partial charge on any atom is 0.238 e. The van der Waals surface area contributed by atoms with Crippen molar-refractivity contribution in [2.24, 2.45) is 0 Å². The zero-order valence-corrected chi connectivity index (χ0v) is 13.2. The Morgan fingerprint density at radius 1 is 1.25 bits per heavy atom. The minimum atomic E-state index is -0.0673. The summed E-state index contributed by atoms with van der Waals surface area (Å²) in [6, 6.07) is 3.81. The fourth-order valence-electron chi connectivity index (χ4n) is 1.75. The van der Waals surface area contributed by atoms with Crippen LogP contribution in [-0.4, -0.2) is 36.1 Å². The van der Waals surface area contributed by atoms with Crippen molar-refractivity contribution in [1.82, 2.24) is 10.3 Å². The van der Waals surface area contributed by atoms with Crippen LogP contribution in [0.2, 0.25) is 0 Å². The van der Waals surface area contributed by atoms with Crippen molar-refractivity contribution in [3.8, 4) is 0 Å².